The third-order valence-corrected chi connectivity index (χ3v) is 9.76. The number of carbonyl (C=O) groups excluding carboxylic acids is 1. The number of fused-ring (bicyclic) bond motifs is 5. The summed E-state index contributed by atoms with van der Waals surface area (Å²) in [5, 5.41) is 11.5. The molecule has 1 heterocycles. The Hall–Kier alpha value is -2.07. The van der Waals surface area contributed by atoms with E-state index in [1.165, 1.54) is 16.8 Å². The van der Waals surface area contributed by atoms with E-state index < -0.39 is 0 Å². The molecule has 1 aliphatic heterocycles. The van der Waals surface area contributed by atoms with Gasteiger partial charge in [0.25, 0.3) is 0 Å². The minimum absolute atomic E-state index is 0.0418. The molecule has 3 saturated carbocycles. The van der Waals surface area contributed by atoms with E-state index >= 15 is 0 Å². The summed E-state index contributed by atoms with van der Waals surface area (Å²) < 4.78 is 0. The predicted octanol–water partition coefficient (Wildman–Crippen LogP) is 4.75. The first-order chi connectivity index (χ1) is 15.1. The number of hydrogen-bond acceptors (Lipinski definition) is 3. The van der Waals surface area contributed by atoms with E-state index in [1.54, 1.807) is 6.08 Å². The van der Waals surface area contributed by atoms with Crippen LogP contribution in [0.2, 0.25) is 0 Å². The molecular weight excluding hydrogens is 396 g/mol. The zero-order chi connectivity index (χ0) is 22.8. The van der Waals surface area contributed by atoms with Gasteiger partial charge < -0.3 is 14.9 Å². The molecule has 0 spiro atoms. The lowest BCUT2D eigenvalue weighted by Crippen LogP contribution is -2.59. The smallest absolute Gasteiger partial charge is 0.246 e. The molecule has 0 aromatic heterocycles. The van der Waals surface area contributed by atoms with Crippen LogP contribution < -0.4 is 4.90 Å². The van der Waals surface area contributed by atoms with Gasteiger partial charge in [0, 0.05) is 43.7 Å². The van der Waals surface area contributed by atoms with Crippen LogP contribution in [-0.4, -0.2) is 49.2 Å². The third kappa shape index (κ3) is 3.09. The van der Waals surface area contributed by atoms with Gasteiger partial charge in [-0.1, -0.05) is 38.1 Å². The summed E-state index contributed by atoms with van der Waals surface area (Å²) in [5.74, 6) is 1.85. The fourth-order valence-corrected chi connectivity index (χ4v) is 7.82. The number of carbonyl (C=O) groups is 1. The van der Waals surface area contributed by atoms with Crippen LogP contribution in [0.1, 0.15) is 51.5 Å². The minimum atomic E-state index is -0.362. The topological polar surface area (TPSA) is 43.8 Å². The van der Waals surface area contributed by atoms with Crippen LogP contribution in [-0.2, 0) is 4.79 Å². The molecule has 1 aromatic carbocycles. The molecule has 3 fully saturated rings. The average molecular weight is 435 g/mol. The zero-order valence-electron chi connectivity index (χ0n) is 20.2. The maximum Gasteiger partial charge on any atom is 0.246 e. The summed E-state index contributed by atoms with van der Waals surface area (Å²) in [5.41, 5.74) is 3.58. The first kappa shape index (κ1) is 21.8. The Balaban J connectivity index is 1.44. The molecule has 0 radical (unpaired) electrons. The van der Waals surface area contributed by atoms with Gasteiger partial charge in [0.15, 0.2) is 0 Å². The second-order valence-corrected chi connectivity index (χ2v) is 11.5. The minimum Gasteiger partial charge on any atom is -0.388 e. The van der Waals surface area contributed by atoms with Crippen molar-refractivity contribution in [2.45, 2.75) is 58.1 Å². The Morgan fingerprint density at radius 2 is 1.81 bits per heavy atom. The molecule has 32 heavy (non-hydrogen) atoms. The van der Waals surface area contributed by atoms with Crippen molar-refractivity contribution in [3.8, 4) is 0 Å². The number of aliphatic hydroxyl groups is 1. The van der Waals surface area contributed by atoms with Crippen molar-refractivity contribution in [2.75, 3.05) is 26.0 Å². The van der Waals surface area contributed by atoms with Crippen LogP contribution in [0.5, 0.6) is 0 Å². The molecule has 7 atom stereocenters. The molecule has 4 aliphatic rings. The molecule has 1 N–H and O–H groups in total. The van der Waals surface area contributed by atoms with E-state index in [9.17, 15) is 9.90 Å². The van der Waals surface area contributed by atoms with E-state index in [2.05, 4.69) is 69.3 Å². The van der Waals surface area contributed by atoms with Crippen molar-refractivity contribution in [1.29, 1.82) is 0 Å². The molecule has 1 amide bonds. The number of benzene rings is 1. The van der Waals surface area contributed by atoms with Gasteiger partial charge in [-0.25, -0.2) is 0 Å². The van der Waals surface area contributed by atoms with E-state index in [0.29, 0.717) is 23.8 Å². The van der Waals surface area contributed by atoms with Crippen LogP contribution in [0.15, 0.2) is 42.0 Å². The van der Waals surface area contributed by atoms with E-state index in [-0.39, 0.29) is 22.8 Å². The molecule has 1 aromatic rings. The Labute approximate surface area is 193 Å². The number of aliphatic hydroxyl groups excluding tert-OH is 1. The molecule has 0 bridgehead atoms. The van der Waals surface area contributed by atoms with E-state index in [1.807, 2.05) is 11.9 Å². The van der Waals surface area contributed by atoms with Crippen molar-refractivity contribution >= 4 is 17.7 Å². The number of rotatable bonds is 2. The van der Waals surface area contributed by atoms with Gasteiger partial charge in [-0.3, -0.25) is 4.79 Å². The molecule has 5 rings (SSSR count). The van der Waals surface area contributed by atoms with Crippen LogP contribution in [0, 0.1) is 28.6 Å². The molecule has 172 valence electrons. The maximum atomic E-state index is 12.3. The number of nitrogens with zero attached hydrogens (tertiary/aromatic N) is 2. The van der Waals surface area contributed by atoms with Crippen molar-refractivity contribution in [1.82, 2.24) is 4.90 Å². The quantitative estimate of drug-likeness (QED) is 0.731. The van der Waals surface area contributed by atoms with Gasteiger partial charge in [-0.05, 0) is 79.2 Å². The number of hydrogen-bond donors (Lipinski definition) is 1. The highest BCUT2D eigenvalue weighted by molar-refractivity contribution is 5.89. The highest BCUT2D eigenvalue weighted by atomic mass is 16.3. The van der Waals surface area contributed by atoms with Crippen LogP contribution in [0.25, 0.3) is 6.08 Å². The van der Waals surface area contributed by atoms with E-state index in [4.69, 9.17) is 0 Å². The van der Waals surface area contributed by atoms with Crippen LogP contribution >= 0.6 is 0 Å². The molecule has 0 unspecified atom stereocenters. The summed E-state index contributed by atoms with van der Waals surface area (Å²) in [7, 11) is 6.09. The normalized spacial score (nSPS) is 41.9. The van der Waals surface area contributed by atoms with Gasteiger partial charge >= 0.3 is 0 Å². The second-order valence-electron chi connectivity index (χ2n) is 11.5. The summed E-state index contributed by atoms with van der Waals surface area (Å²) in [6, 6.07) is 8.92. The number of amides is 1. The fraction of sp³-hybridized carbons (Fsp3) is 0.607. The first-order valence-corrected chi connectivity index (χ1v) is 12.3. The lowest BCUT2D eigenvalue weighted by Gasteiger charge is -2.59. The molecular formula is C28H38N2O2. The standard InChI is InChI=1S/C28H38N2O2/c1-27-15-13-25(31)30(5)24(27)11-10-21-22(27)12-14-28(2)23(21)17-19(26(28)32)16-18-6-8-20(9-7-18)29(3)4/h6-9,13,15-16,21-24,26,32H,10-12,14,17H2,1-5H3/t21-,22+,23+,24-,26+,27-,28+/m1/s1. The molecule has 3 aliphatic carbocycles. The SMILES string of the molecule is CN(C)c1ccc(C=C2C[C@H]3[C@@H]4CC[C@H]5N(C)C(=O)C=C[C@]5(C)[C@H]4CC[C@]3(C)[C@H]2O)cc1. The predicted molar refractivity (Wildman–Crippen MR) is 130 cm³/mol. The summed E-state index contributed by atoms with van der Waals surface area (Å²) in [6.45, 7) is 4.71. The van der Waals surface area contributed by atoms with E-state index in [0.717, 1.165) is 32.1 Å². The van der Waals surface area contributed by atoms with Crippen LogP contribution in [0.3, 0.4) is 0 Å². The van der Waals surface area contributed by atoms with Crippen LogP contribution in [0.4, 0.5) is 5.69 Å². The second kappa shape index (κ2) is 7.48. The summed E-state index contributed by atoms with van der Waals surface area (Å²) >= 11 is 0. The highest BCUT2D eigenvalue weighted by Gasteiger charge is 2.61. The van der Waals surface area contributed by atoms with Crippen molar-refractivity contribution in [3.63, 3.8) is 0 Å². The van der Waals surface area contributed by atoms with Crippen molar-refractivity contribution in [3.05, 3.63) is 47.6 Å². The zero-order valence-corrected chi connectivity index (χ0v) is 20.2. The maximum absolute atomic E-state index is 12.3. The largest absolute Gasteiger partial charge is 0.388 e. The number of likely N-dealkylation sites (N-methyl/N-ethyl adjacent to an activating group) is 1. The Morgan fingerprint density at radius 3 is 2.50 bits per heavy atom. The Morgan fingerprint density at radius 1 is 1.09 bits per heavy atom. The third-order valence-electron chi connectivity index (χ3n) is 9.76. The van der Waals surface area contributed by atoms with Crippen molar-refractivity contribution < 1.29 is 9.90 Å². The van der Waals surface area contributed by atoms with Gasteiger partial charge in [0.2, 0.25) is 5.91 Å². The van der Waals surface area contributed by atoms with Gasteiger partial charge in [0.1, 0.15) is 0 Å². The summed E-state index contributed by atoms with van der Waals surface area (Å²) in [6.07, 6.45) is 11.3. The lowest BCUT2D eigenvalue weighted by molar-refractivity contribution is -0.140. The van der Waals surface area contributed by atoms with Gasteiger partial charge in [0.05, 0.1) is 6.10 Å². The molecule has 0 saturated heterocycles. The highest BCUT2D eigenvalue weighted by Crippen LogP contribution is 2.65. The Bertz CT molecular complexity index is 964. The summed E-state index contributed by atoms with van der Waals surface area (Å²) in [4.78, 5) is 16.4. The molecule has 4 heteroatoms. The van der Waals surface area contributed by atoms with Gasteiger partial charge in [-0.2, -0.15) is 0 Å². The molecule has 4 nitrogen and oxygen atoms in total. The van der Waals surface area contributed by atoms with Gasteiger partial charge in [-0.15, -0.1) is 0 Å². The first-order valence-electron chi connectivity index (χ1n) is 12.3. The van der Waals surface area contributed by atoms with Crippen molar-refractivity contribution in [2.24, 2.45) is 28.6 Å². The monoisotopic (exact) mass is 434 g/mol. The Kier molecular flexibility index (Phi) is 5.09. The fourth-order valence-electron chi connectivity index (χ4n) is 7.82. The lowest BCUT2D eigenvalue weighted by atomic mass is 9.48. The number of anilines is 1. The average Bonchev–Trinajstić information content (AvgIpc) is 3.02.